The predicted molar refractivity (Wildman–Crippen MR) is 81.0 cm³/mol. The molecule has 0 rings (SSSR count). The van der Waals surface area contributed by atoms with Crippen LogP contribution < -0.4 is 9.79 Å². The van der Waals surface area contributed by atoms with Crippen molar-refractivity contribution < 1.29 is 59.7 Å². The fraction of sp³-hybridized carbons (Fsp3) is 0.933. The second-order valence-electron chi connectivity index (χ2n) is 5.06. The third kappa shape index (κ3) is 26.7. The zero-order chi connectivity index (χ0) is 15.9. The minimum absolute atomic E-state index is 0. The van der Waals surface area contributed by atoms with Gasteiger partial charge in [0.1, 0.15) is 0 Å². The first-order valence-corrected chi connectivity index (χ1v) is 9.31. The fourth-order valence-electron chi connectivity index (χ4n) is 1.69. The minimum atomic E-state index is -4.76. The number of hydrogen-bond donors (Lipinski definition) is 0. The maximum absolute atomic E-state index is 10.2. The molecule has 4 nitrogen and oxygen atoms in total. The van der Waals surface area contributed by atoms with Crippen LogP contribution in [0.1, 0.15) is 79.1 Å². The second-order valence-corrected chi connectivity index (χ2v) is 6.22. The molecule has 0 aliphatic rings. The maximum Gasteiger partial charge on any atom is 3.00 e. The number of phosphoric ester groups is 1. The Hall–Kier alpha value is 1.46. The first-order valence-electron chi connectivity index (χ1n) is 7.85. The summed E-state index contributed by atoms with van der Waals surface area (Å²) in [5.74, 6) is 0.191. The van der Waals surface area contributed by atoms with Crippen LogP contribution in [0.4, 0.5) is 0 Å². The number of phosphoric acid groups is 1. The van der Waals surface area contributed by atoms with Crippen LogP contribution in [0.25, 0.3) is 0 Å². The van der Waals surface area contributed by atoms with E-state index in [1.165, 1.54) is 25.7 Å². The van der Waals surface area contributed by atoms with Crippen molar-refractivity contribution in [3.8, 4) is 0 Å². The van der Waals surface area contributed by atoms with E-state index < -0.39 is 7.82 Å². The zero-order valence-electron chi connectivity index (χ0n) is 14.1. The van der Waals surface area contributed by atoms with E-state index in [0.29, 0.717) is 0 Å². The van der Waals surface area contributed by atoms with Gasteiger partial charge in [-0.1, -0.05) is 59.3 Å². The smallest absolute Gasteiger partial charge is 0.790 e. The van der Waals surface area contributed by atoms with Gasteiger partial charge in [-0.15, -0.1) is 0 Å². The Morgan fingerprint density at radius 1 is 1.10 bits per heavy atom. The molecule has 1 unspecified atom stereocenters. The van der Waals surface area contributed by atoms with Gasteiger partial charge in [-0.2, -0.15) is 13.3 Å². The molecule has 0 spiro atoms. The summed E-state index contributed by atoms with van der Waals surface area (Å²) in [4.78, 5) is 20.4. The van der Waals surface area contributed by atoms with Crippen LogP contribution >= 0.6 is 7.82 Å². The second kappa shape index (κ2) is 19.5. The molecule has 0 aromatic heterocycles. The molecule has 0 N–H and O–H groups in total. The van der Waals surface area contributed by atoms with Gasteiger partial charge in [0.05, 0.1) is 14.4 Å². The van der Waals surface area contributed by atoms with Gasteiger partial charge in [0.2, 0.25) is 0 Å². The molecule has 1 atom stereocenters. The van der Waals surface area contributed by atoms with Gasteiger partial charge in [0.15, 0.2) is 0 Å². The summed E-state index contributed by atoms with van der Waals surface area (Å²) in [6, 6.07) is 0. The molecule has 6 heteroatoms. The van der Waals surface area contributed by atoms with Crippen molar-refractivity contribution in [2.45, 2.75) is 79.1 Å². The molecule has 0 bridgehead atoms. The molecule has 0 aromatic rings. The van der Waals surface area contributed by atoms with Gasteiger partial charge < -0.3 is 25.3 Å². The van der Waals surface area contributed by atoms with Crippen molar-refractivity contribution >= 4 is 7.82 Å². The standard InChI is InChI=1S/C8H19O4P.C7H15.Nd/c1-3-5-6-8(4-2)7-12-13(9,10)11;1-3-5-7-6-4-2;/h8H,3-7H2,1-2H3,(H2,9,10,11);3H,4-7H2,1-2H3;/q;-1;+3/p-2. The summed E-state index contributed by atoms with van der Waals surface area (Å²) in [6.07, 6.45) is 11.5. The molecule has 0 saturated carbocycles. The summed E-state index contributed by atoms with van der Waals surface area (Å²) >= 11 is 0. The summed E-state index contributed by atoms with van der Waals surface area (Å²) in [7, 11) is -4.76. The summed E-state index contributed by atoms with van der Waals surface area (Å²) < 4.78 is 14.4. The van der Waals surface area contributed by atoms with E-state index in [1.807, 2.05) is 6.92 Å². The van der Waals surface area contributed by atoms with Crippen molar-refractivity contribution in [1.82, 2.24) is 0 Å². The Morgan fingerprint density at radius 2 is 1.67 bits per heavy atom. The van der Waals surface area contributed by atoms with E-state index in [-0.39, 0.29) is 53.4 Å². The average molecular weight is 452 g/mol. The molecule has 0 aliphatic heterocycles. The van der Waals surface area contributed by atoms with Crippen LogP contribution in [-0.4, -0.2) is 6.61 Å². The molecule has 0 aliphatic carbocycles. The van der Waals surface area contributed by atoms with Crippen LogP contribution in [0, 0.1) is 53.2 Å². The molecule has 0 fully saturated rings. The third-order valence-corrected chi connectivity index (χ3v) is 3.57. The first kappa shape index (κ1) is 27.3. The minimum Gasteiger partial charge on any atom is -0.790 e. The van der Waals surface area contributed by atoms with E-state index in [9.17, 15) is 14.4 Å². The van der Waals surface area contributed by atoms with E-state index >= 15 is 0 Å². The molecule has 125 valence electrons. The zero-order valence-corrected chi connectivity index (χ0v) is 18.2. The van der Waals surface area contributed by atoms with Crippen molar-refractivity contribution in [1.29, 1.82) is 0 Å². The average Bonchev–Trinajstić information content (AvgIpc) is 2.39. The van der Waals surface area contributed by atoms with E-state index in [4.69, 9.17) is 0 Å². The van der Waals surface area contributed by atoms with E-state index in [0.717, 1.165) is 25.7 Å². The summed E-state index contributed by atoms with van der Waals surface area (Å²) in [5, 5.41) is 0. The molecule has 0 aromatic carbocycles. The van der Waals surface area contributed by atoms with E-state index in [1.54, 1.807) is 0 Å². The number of hydrogen-bond acceptors (Lipinski definition) is 4. The Morgan fingerprint density at radius 3 is 2.05 bits per heavy atom. The van der Waals surface area contributed by atoms with Gasteiger partial charge in [-0.25, -0.2) is 0 Å². The normalized spacial score (nSPS) is 12.1. The Kier molecular flexibility index (Phi) is 25.4. The predicted octanol–water partition coefficient (Wildman–Crippen LogP) is 3.84. The van der Waals surface area contributed by atoms with Crippen LogP contribution in [0.3, 0.4) is 0 Å². The molecular weight excluding hydrogens is 419 g/mol. The molecule has 21 heavy (non-hydrogen) atoms. The molecular formula is C15H32NdO4P. The van der Waals surface area contributed by atoms with Crippen molar-refractivity contribution in [3.05, 3.63) is 6.42 Å². The van der Waals surface area contributed by atoms with Crippen LogP contribution in [-0.2, 0) is 9.09 Å². The number of rotatable bonds is 11. The van der Waals surface area contributed by atoms with Crippen LogP contribution in [0.2, 0.25) is 0 Å². The van der Waals surface area contributed by atoms with Gasteiger partial charge >= 0.3 is 40.8 Å². The molecule has 0 saturated heterocycles. The molecule has 0 amide bonds. The van der Waals surface area contributed by atoms with Crippen molar-refractivity contribution in [2.24, 2.45) is 5.92 Å². The van der Waals surface area contributed by atoms with Gasteiger partial charge in [0.25, 0.3) is 0 Å². The van der Waals surface area contributed by atoms with Crippen molar-refractivity contribution in [3.63, 3.8) is 0 Å². The Labute approximate surface area is 164 Å². The monoisotopic (exact) mass is 449 g/mol. The quantitative estimate of drug-likeness (QED) is 0.272. The fourth-order valence-corrected chi connectivity index (χ4v) is 2.09. The third-order valence-electron chi connectivity index (χ3n) is 3.11. The molecule has 0 heterocycles. The Bertz CT molecular complexity index is 230. The molecule has 1 radical (unpaired) electrons. The Balaban J connectivity index is -0.000000347. The van der Waals surface area contributed by atoms with Gasteiger partial charge in [-0.3, -0.25) is 0 Å². The number of unbranched alkanes of at least 4 members (excludes halogenated alkanes) is 5. The van der Waals surface area contributed by atoms with E-state index in [2.05, 4.69) is 31.7 Å². The summed E-state index contributed by atoms with van der Waals surface area (Å²) in [5.41, 5.74) is 0. The SMILES string of the molecule is CCCCC(CC)COP(=O)([O-])[O-].C[CH-]CCCCC.[Nd+3]. The van der Waals surface area contributed by atoms with Gasteiger partial charge in [-0.05, 0) is 12.3 Å². The van der Waals surface area contributed by atoms with Crippen molar-refractivity contribution in [2.75, 3.05) is 6.61 Å². The largest absolute Gasteiger partial charge is 3.00 e. The first-order chi connectivity index (χ1) is 9.41. The van der Waals surface area contributed by atoms with Crippen LogP contribution in [0.5, 0.6) is 0 Å². The van der Waals surface area contributed by atoms with Crippen LogP contribution in [0.15, 0.2) is 0 Å². The topological polar surface area (TPSA) is 72.4 Å². The summed E-state index contributed by atoms with van der Waals surface area (Å²) in [6.45, 7) is 8.43. The van der Waals surface area contributed by atoms with Gasteiger partial charge in [0, 0.05) is 0 Å². The maximum atomic E-state index is 10.2.